The van der Waals surface area contributed by atoms with Gasteiger partial charge in [-0.3, -0.25) is 9.59 Å². The first-order valence-corrected chi connectivity index (χ1v) is 11.6. The fraction of sp³-hybridized carbons (Fsp3) is 0.300. The van der Waals surface area contributed by atoms with Crippen molar-refractivity contribution in [2.24, 2.45) is 0 Å². The van der Waals surface area contributed by atoms with Gasteiger partial charge in [0.15, 0.2) is 9.84 Å². The van der Waals surface area contributed by atoms with Gasteiger partial charge in [0.2, 0.25) is 11.8 Å². The SMILES string of the molecule is CCC1Sc2cc(S(=O)(=O)CCC(=O)Nc3ccc(OC)cc3)ccc2NC1=O. The zero-order valence-corrected chi connectivity index (χ0v) is 17.7. The summed E-state index contributed by atoms with van der Waals surface area (Å²) in [6.07, 6.45) is 0.491. The number of carbonyl (C=O) groups excluding carboxylic acids is 2. The largest absolute Gasteiger partial charge is 0.497 e. The summed E-state index contributed by atoms with van der Waals surface area (Å²) in [5.74, 6) is -0.0975. The van der Waals surface area contributed by atoms with Crippen LogP contribution in [-0.2, 0) is 19.4 Å². The molecule has 3 rings (SSSR count). The van der Waals surface area contributed by atoms with Gasteiger partial charge in [-0.1, -0.05) is 6.92 Å². The van der Waals surface area contributed by atoms with E-state index >= 15 is 0 Å². The third-order valence-electron chi connectivity index (χ3n) is 4.47. The molecular formula is C20H22N2O5S2. The number of benzene rings is 2. The number of ether oxygens (including phenoxy) is 1. The minimum absolute atomic E-state index is 0.0733. The van der Waals surface area contributed by atoms with E-state index in [0.717, 1.165) is 4.90 Å². The molecule has 0 aliphatic carbocycles. The fourth-order valence-electron chi connectivity index (χ4n) is 2.83. The lowest BCUT2D eigenvalue weighted by molar-refractivity contribution is -0.116. The Labute approximate surface area is 174 Å². The van der Waals surface area contributed by atoms with Gasteiger partial charge in [-0.2, -0.15) is 0 Å². The van der Waals surface area contributed by atoms with Crippen molar-refractivity contribution in [3.05, 3.63) is 42.5 Å². The Morgan fingerprint density at radius 3 is 2.59 bits per heavy atom. The summed E-state index contributed by atoms with van der Waals surface area (Å²) in [6, 6.07) is 11.4. The molecule has 2 N–H and O–H groups in total. The number of fused-ring (bicyclic) bond motifs is 1. The zero-order chi connectivity index (χ0) is 21.0. The molecule has 2 aromatic carbocycles. The van der Waals surface area contributed by atoms with E-state index in [9.17, 15) is 18.0 Å². The van der Waals surface area contributed by atoms with Crippen LogP contribution in [0.15, 0.2) is 52.3 Å². The Kier molecular flexibility index (Phi) is 6.49. The average molecular weight is 435 g/mol. The number of anilines is 2. The second kappa shape index (κ2) is 8.87. The summed E-state index contributed by atoms with van der Waals surface area (Å²) in [5.41, 5.74) is 1.18. The van der Waals surface area contributed by atoms with Crippen molar-refractivity contribution in [1.82, 2.24) is 0 Å². The second-order valence-corrected chi connectivity index (χ2v) is 9.86. The van der Waals surface area contributed by atoms with Crippen molar-refractivity contribution in [2.45, 2.75) is 34.8 Å². The first kappa shape index (κ1) is 21.2. The number of nitrogens with one attached hydrogen (secondary N) is 2. The van der Waals surface area contributed by atoms with Crippen molar-refractivity contribution in [1.29, 1.82) is 0 Å². The highest BCUT2D eigenvalue weighted by Crippen LogP contribution is 2.38. The van der Waals surface area contributed by atoms with Gasteiger partial charge in [-0.05, 0) is 48.9 Å². The van der Waals surface area contributed by atoms with Crippen molar-refractivity contribution in [3.63, 3.8) is 0 Å². The summed E-state index contributed by atoms with van der Waals surface area (Å²) in [7, 11) is -2.09. The minimum atomic E-state index is -3.64. The summed E-state index contributed by atoms with van der Waals surface area (Å²) < 4.78 is 30.4. The number of methoxy groups -OCH3 is 1. The molecule has 2 aromatic rings. The van der Waals surface area contributed by atoms with E-state index < -0.39 is 9.84 Å². The number of thioether (sulfide) groups is 1. The number of rotatable bonds is 7. The summed E-state index contributed by atoms with van der Waals surface area (Å²) in [4.78, 5) is 24.9. The number of sulfone groups is 1. The van der Waals surface area contributed by atoms with E-state index in [4.69, 9.17) is 4.74 Å². The van der Waals surface area contributed by atoms with Gasteiger partial charge in [0.25, 0.3) is 0 Å². The third-order valence-corrected chi connectivity index (χ3v) is 7.61. The Morgan fingerprint density at radius 1 is 1.21 bits per heavy atom. The number of hydrogen-bond acceptors (Lipinski definition) is 6. The lowest BCUT2D eigenvalue weighted by Gasteiger charge is -2.23. The molecule has 0 radical (unpaired) electrons. The molecule has 9 heteroatoms. The first-order chi connectivity index (χ1) is 13.8. The maximum atomic E-state index is 12.7. The Balaban J connectivity index is 1.65. The molecule has 154 valence electrons. The smallest absolute Gasteiger partial charge is 0.237 e. The highest BCUT2D eigenvalue weighted by Gasteiger charge is 2.27. The number of amides is 2. The molecular weight excluding hydrogens is 412 g/mol. The van der Waals surface area contributed by atoms with Gasteiger partial charge in [0.05, 0.1) is 28.7 Å². The fourth-order valence-corrected chi connectivity index (χ4v) is 5.25. The monoisotopic (exact) mass is 434 g/mol. The van der Waals surface area contributed by atoms with Gasteiger partial charge in [-0.25, -0.2) is 8.42 Å². The Hall–Kier alpha value is -2.52. The van der Waals surface area contributed by atoms with Crippen LogP contribution in [0.5, 0.6) is 5.75 Å². The van der Waals surface area contributed by atoms with Crippen molar-refractivity contribution >= 4 is 44.8 Å². The lowest BCUT2D eigenvalue weighted by Crippen LogP contribution is -2.28. The van der Waals surface area contributed by atoms with Crippen molar-refractivity contribution in [2.75, 3.05) is 23.5 Å². The van der Waals surface area contributed by atoms with Gasteiger partial charge in [0, 0.05) is 17.0 Å². The lowest BCUT2D eigenvalue weighted by atomic mass is 10.2. The molecule has 0 bridgehead atoms. The molecule has 0 spiro atoms. The third kappa shape index (κ3) is 5.10. The van der Waals surface area contributed by atoms with Crippen LogP contribution >= 0.6 is 11.8 Å². The molecule has 2 amide bonds. The molecule has 1 atom stereocenters. The summed E-state index contributed by atoms with van der Waals surface area (Å²) in [5, 5.41) is 5.23. The van der Waals surface area contributed by atoms with Gasteiger partial charge < -0.3 is 15.4 Å². The predicted octanol–water partition coefficient (Wildman–Crippen LogP) is 3.32. The molecule has 29 heavy (non-hydrogen) atoms. The molecule has 1 unspecified atom stereocenters. The van der Waals surface area contributed by atoms with Crippen LogP contribution < -0.4 is 15.4 Å². The summed E-state index contributed by atoms with van der Waals surface area (Å²) in [6.45, 7) is 1.91. The van der Waals surface area contributed by atoms with Gasteiger partial charge in [-0.15, -0.1) is 11.8 Å². The van der Waals surface area contributed by atoms with Crippen LogP contribution in [0.3, 0.4) is 0 Å². The van der Waals surface area contributed by atoms with Crippen LogP contribution in [-0.4, -0.2) is 38.3 Å². The molecule has 0 aromatic heterocycles. The predicted molar refractivity (Wildman–Crippen MR) is 113 cm³/mol. The normalized spacial score (nSPS) is 15.9. The standard InChI is InChI=1S/C20H22N2O5S2/c1-3-17-20(24)22-16-9-8-15(12-18(16)28-17)29(25,26)11-10-19(23)21-13-4-6-14(27-2)7-5-13/h4-9,12,17H,3,10-11H2,1-2H3,(H,21,23)(H,22,24). The van der Waals surface area contributed by atoms with Crippen molar-refractivity contribution < 1.29 is 22.7 Å². The number of hydrogen-bond donors (Lipinski definition) is 2. The summed E-state index contributed by atoms with van der Waals surface area (Å²) >= 11 is 1.36. The molecule has 1 heterocycles. The van der Waals surface area contributed by atoms with Crippen LogP contribution in [0.2, 0.25) is 0 Å². The zero-order valence-electron chi connectivity index (χ0n) is 16.1. The topological polar surface area (TPSA) is 102 Å². The van der Waals surface area contributed by atoms with E-state index in [0.29, 0.717) is 23.5 Å². The van der Waals surface area contributed by atoms with Crippen LogP contribution in [0.4, 0.5) is 11.4 Å². The highest BCUT2D eigenvalue weighted by atomic mass is 32.2. The highest BCUT2D eigenvalue weighted by molar-refractivity contribution is 8.01. The van der Waals surface area contributed by atoms with E-state index in [1.165, 1.54) is 17.8 Å². The Bertz CT molecular complexity index is 1020. The molecule has 1 aliphatic rings. The van der Waals surface area contributed by atoms with E-state index in [-0.39, 0.29) is 34.1 Å². The maximum Gasteiger partial charge on any atom is 0.237 e. The van der Waals surface area contributed by atoms with Crippen LogP contribution in [0.1, 0.15) is 19.8 Å². The Morgan fingerprint density at radius 2 is 1.93 bits per heavy atom. The maximum absolute atomic E-state index is 12.7. The minimum Gasteiger partial charge on any atom is -0.497 e. The average Bonchev–Trinajstić information content (AvgIpc) is 2.72. The number of carbonyl (C=O) groups is 2. The van der Waals surface area contributed by atoms with Crippen molar-refractivity contribution in [3.8, 4) is 5.75 Å². The van der Waals surface area contributed by atoms with Crippen LogP contribution in [0, 0.1) is 0 Å². The van der Waals surface area contributed by atoms with Crippen LogP contribution in [0.25, 0.3) is 0 Å². The molecule has 0 saturated heterocycles. The molecule has 1 aliphatic heterocycles. The van der Waals surface area contributed by atoms with Gasteiger partial charge in [0.1, 0.15) is 5.75 Å². The van der Waals surface area contributed by atoms with Gasteiger partial charge >= 0.3 is 0 Å². The van der Waals surface area contributed by atoms with E-state index in [1.807, 2.05) is 6.92 Å². The molecule has 0 fully saturated rings. The first-order valence-electron chi connectivity index (χ1n) is 9.10. The van der Waals surface area contributed by atoms with E-state index in [1.54, 1.807) is 43.5 Å². The molecule has 7 nitrogen and oxygen atoms in total. The second-order valence-electron chi connectivity index (χ2n) is 6.51. The molecule has 0 saturated carbocycles. The van der Waals surface area contributed by atoms with E-state index in [2.05, 4.69) is 10.6 Å². The quantitative estimate of drug-likeness (QED) is 0.693.